The van der Waals surface area contributed by atoms with Gasteiger partial charge in [-0.05, 0) is 58.5 Å². The smallest absolute Gasteiger partial charge is 0.408 e. The summed E-state index contributed by atoms with van der Waals surface area (Å²) in [5.41, 5.74) is 6.21. The molecule has 0 radical (unpaired) electrons. The number of benzene rings is 2. The molecule has 1 atom stereocenters. The number of aromatic nitrogens is 6. The van der Waals surface area contributed by atoms with Crippen LogP contribution in [0.3, 0.4) is 0 Å². The van der Waals surface area contributed by atoms with Gasteiger partial charge in [-0.1, -0.05) is 73.9 Å². The summed E-state index contributed by atoms with van der Waals surface area (Å²) in [6, 6.07) is 20.1. The predicted molar refractivity (Wildman–Crippen MR) is 150 cm³/mol. The van der Waals surface area contributed by atoms with Gasteiger partial charge in [0.25, 0.3) is 0 Å². The van der Waals surface area contributed by atoms with Gasteiger partial charge in [0, 0.05) is 11.6 Å². The van der Waals surface area contributed by atoms with Gasteiger partial charge >= 0.3 is 6.09 Å². The van der Waals surface area contributed by atoms with E-state index in [-0.39, 0.29) is 6.04 Å². The average Bonchev–Trinajstić information content (AvgIpc) is 3.69. The van der Waals surface area contributed by atoms with Crippen LogP contribution in [0, 0.1) is 6.92 Å². The third-order valence-electron chi connectivity index (χ3n) is 7.50. The molecule has 0 aliphatic heterocycles. The van der Waals surface area contributed by atoms with Crippen LogP contribution in [0.15, 0.2) is 66.9 Å². The third-order valence-corrected chi connectivity index (χ3v) is 7.50. The normalized spacial score (nSPS) is 14.7. The molecule has 10 nitrogen and oxygen atoms in total. The number of ether oxygens (including phenoxy) is 2. The van der Waals surface area contributed by atoms with Crippen LogP contribution < -0.4 is 10.1 Å². The van der Waals surface area contributed by atoms with Crippen molar-refractivity contribution in [2.75, 3.05) is 7.11 Å². The Balaban J connectivity index is 1.37. The maximum atomic E-state index is 13.2. The number of aryl methyl sites for hydroxylation is 1. The van der Waals surface area contributed by atoms with Gasteiger partial charge in [-0.2, -0.15) is 4.98 Å². The standard InChI is InChI=1S/C30H31N7O3/c1-19-12-17-25(37-18-26(39-2)32-29(19)37)27(40-30(38)31-22-8-4-3-5-9-22)21-15-13-20(14-16-21)23-10-6-7-11-24(23)28-33-35-36-34-28/h6-7,10-18,22,27H,3-5,8-9H2,1-2H3,(H,31,38)(H,33,34,35,36). The molecule has 2 N–H and O–H groups in total. The van der Waals surface area contributed by atoms with Crippen molar-refractivity contribution in [1.82, 2.24) is 35.3 Å². The van der Waals surface area contributed by atoms with Crippen LogP contribution >= 0.6 is 0 Å². The second-order valence-corrected chi connectivity index (χ2v) is 10.1. The summed E-state index contributed by atoms with van der Waals surface area (Å²) in [6.07, 6.45) is 6.12. The largest absolute Gasteiger partial charge is 0.480 e. The second kappa shape index (κ2) is 11.2. The zero-order chi connectivity index (χ0) is 27.5. The molecule has 1 saturated carbocycles. The Morgan fingerprint density at radius 1 is 1.02 bits per heavy atom. The highest BCUT2D eigenvalue weighted by Gasteiger charge is 2.25. The number of nitrogens with one attached hydrogen (secondary N) is 2. The summed E-state index contributed by atoms with van der Waals surface area (Å²) in [6.45, 7) is 1.99. The molecule has 5 aromatic rings. The predicted octanol–water partition coefficient (Wildman–Crippen LogP) is 5.65. The maximum absolute atomic E-state index is 13.2. The molecule has 2 aromatic carbocycles. The van der Waals surface area contributed by atoms with Gasteiger partial charge in [0.05, 0.1) is 19.0 Å². The van der Waals surface area contributed by atoms with Crippen molar-refractivity contribution in [3.8, 4) is 28.4 Å². The first-order valence-corrected chi connectivity index (χ1v) is 13.5. The van der Waals surface area contributed by atoms with E-state index in [1.165, 1.54) is 6.42 Å². The van der Waals surface area contributed by atoms with E-state index >= 15 is 0 Å². The molecule has 0 saturated heterocycles. The van der Waals surface area contributed by atoms with Gasteiger partial charge in [0.15, 0.2) is 11.9 Å². The van der Waals surface area contributed by atoms with E-state index in [0.717, 1.165) is 64.8 Å². The summed E-state index contributed by atoms with van der Waals surface area (Å²) in [5.74, 6) is 1.09. The van der Waals surface area contributed by atoms with Gasteiger partial charge in [0.2, 0.25) is 5.88 Å². The highest BCUT2D eigenvalue weighted by atomic mass is 16.6. The average molecular weight is 538 g/mol. The fraction of sp³-hybridized carbons (Fsp3) is 0.300. The number of pyridine rings is 1. The number of rotatable bonds is 7. The first-order valence-electron chi connectivity index (χ1n) is 13.5. The van der Waals surface area contributed by atoms with Crippen molar-refractivity contribution >= 4 is 11.7 Å². The summed E-state index contributed by atoms with van der Waals surface area (Å²) >= 11 is 0. The minimum atomic E-state index is -0.673. The molecule has 40 heavy (non-hydrogen) atoms. The van der Waals surface area contributed by atoms with Crippen LogP contribution in [0.2, 0.25) is 0 Å². The molecule has 1 aliphatic carbocycles. The van der Waals surface area contributed by atoms with Crippen molar-refractivity contribution in [2.45, 2.75) is 51.2 Å². The number of methoxy groups -OCH3 is 1. The highest BCUT2D eigenvalue weighted by Crippen LogP contribution is 2.34. The maximum Gasteiger partial charge on any atom is 0.408 e. The number of carbonyl (C=O) groups is 1. The molecular formula is C30H31N7O3. The molecule has 1 unspecified atom stereocenters. The van der Waals surface area contributed by atoms with Crippen molar-refractivity contribution in [1.29, 1.82) is 0 Å². The van der Waals surface area contributed by atoms with Crippen LogP contribution in [0.1, 0.15) is 55.0 Å². The molecule has 0 spiro atoms. The lowest BCUT2D eigenvalue weighted by molar-refractivity contribution is 0.108. The van der Waals surface area contributed by atoms with Gasteiger partial charge in [-0.3, -0.25) is 4.40 Å². The number of fused-ring (bicyclic) bond motifs is 1. The molecular weight excluding hydrogens is 506 g/mol. The van der Waals surface area contributed by atoms with Crippen LogP contribution in [0.5, 0.6) is 5.88 Å². The zero-order valence-electron chi connectivity index (χ0n) is 22.5. The van der Waals surface area contributed by atoms with E-state index in [4.69, 9.17) is 9.47 Å². The number of H-pyrrole nitrogens is 1. The van der Waals surface area contributed by atoms with Crippen molar-refractivity contribution < 1.29 is 14.3 Å². The lowest BCUT2D eigenvalue weighted by Gasteiger charge is -2.25. The second-order valence-electron chi connectivity index (χ2n) is 10.1. The van der Waals surface area contributed by atoms with Crippen molar-refractivity contribution in [3.05, 3.63) is 83.7 Å². The Morgan fingerprint density at radius 3 is 2.52 bits per heavy atom. The summed E-state index contributed by atoms with van der Waals surface area (Å²) in [4.78, 5) is 17.8. The van der Waals surface area contributed by atoms with Crippen LogP contribution in [0.25, 0.3) is 28.2 Å². The molecule has 1 aliphatic rings. The topological polar surface area (TPSA) is 119 Å². The first-order chi connectivity index (χ1) is 19.6. The molecule has 0 bridgehead atoms. The minimum absolute atomic E-state index is 0.137. The number of alkyl carbamates (subject to hydrolysis) is 1. The Bertz CT molecular complexity index is 1610. The fourth-order valence-corrected chi connectivity index (χ4v) is 5.42. The van der Waals surface area contributed by atoms with Gasteiger partial charge in [0.1, 0.15) is 5.65 Å². The summed E-state index contributed by atoms with van der Waals surface area (Å²) in [7, 11) is 1.59. The highest BCUT2D eigenvalue weighted by molar-refractivity contribution is 5.80. The Morgan fingerprint density at radius 2 is 1.80 bits per heavy atom. The summed E-state index contributed by atoms with van der Waals surface area (Å²) in [5, 5.41) is 17.5. The lowest BCUT2D eigenvalue weighted by atomic mass is 9.96. The van der Waals surface area contributed by atoms with E-state index in [0.29, 0.717) is 11.7 Å². The Labute approximate surface area is 231 Å². The minimum Gasteiger partial charge on any atom is -0.480 e. The number of aromatic amines is 1. The molecule has 1 fully saturated rings. The van der Waals surface area contributed by atoms with E-state index in [1.807, 2.05) is 78.2 Å². The van der Waals surface area contributed by atoms with Crippen molar-refractivity contribution in [2.24, 2.45) is 0 Å². The number of amides is 1. The molecule has 204 valence electrons. The molecule has 3 heterocycles. The lowest BCUT2D eigenvalue weighted by Crippen LogP contribution is -2.37. The number of hydrogen-bond acceptors (Lipinski definition) is 7. The first kappa shape index (κ1) is 25.5. The zero-order valence-corrected chi connectivity index (χ0v) is 22.5. The summed E-state index contributed by atoms with van der Waals surface area (Å²) < 4.78 is 13.5. The van der Waals surface area contributed by atoms with E-state index in [1.54, 1.807) is 7.11 Å². The third kappa shape index (κ3) is 5.12. The van der Waals surface area contributed by atoms with Crippen LogP contribution in [0.4, 0.5) is 4.79 Å². The van der Waals surface area contributed by atoms with Crippen molar-refractivity contribution in [3.63, 3.8) is 0 Å². The van der Waals surface area contributed by atoms with Gasteiger partial charge in [-0.15, -0.1) is 5.10 Å². The SMILES string of the molecule is COc1cn2c(C(OC(=O)NC3CCCCC3)c3ccc(-c4ccccc4-c4nnn[nH]4)cc3)ccc(C)c2n1. The molecule has 10 heteroatoms. The monoisotopic (exact) mass is 537 g/mol. The molecule has 1 amide bonds. The van der Waals surface area contributed by atoms with Crippen LogP contribution in [-0.4, -0.2) is 49.3 Å². The van der Waals surface area contributed by atoms with E-state index in [2.05, 4.69) is 30.9 Å². The number of nitrogens with zero attached hydrogens (tertiary/aromatic N) is 5. The molecule has 6 rings (SSSR count). The fourth-order valence-electron chi connectivity index (χ4n) is 5.42. The number of imidazole rings is 1. The van der Waals surface area contributed by atoms with E-state index < -0.39 is 12.2 Å². The quantitative estimate of drug-likeness (QED) is 0.275. The van der Waals surface area contributed by atoms with Gasteiger partial charge < -0.3 is 14.8 Å². The Hall–Kier alpha value is -4.73. The number of carbonyl (C=O) groups excluding carboxylic acids is 1. The van der Waals surface area contributed by atoms with Gasteiger partial charge in [-0.25, -0.2) is 9.89 Å². The van der Waals surface area contributed by atoms with Crippen LogP contribution in [-0.2, 0) is 4.74 Å². The Kier molecular flexibility index (Phi) is 7.13. The number of hydrogen-bond donors (Lipinski definition) is 2. The molecule has 3 aromatic heterocycles. The van der Waals surface area contributed by atoms with E-state index in [9.17, 15) is 4.79 Å². The number of tetrazole rings is 1.